The van der Waals surface area contributed by atoms with Crippen molar-refractivity contribution in [3.63, 3.8) is 0 Å². The predicted molar refractivity (Wildman–Crippen MR) is 133 cm³/mol. The zero-order valence-electron chi connectivity index (χ0n) is 19.9. The molecule has 3 aromatic carbocycles. The summed E-state index contributed by atoms with van der Waals surface area (Å²) in [7, 11) is 0. The molecule has 0 aliphatic heterocycles. The minimum atomic E-state index is -0.518. The van der Waals surface area contributed by atoms with Crippen molar-refractivity contribution in [2.24, 2.45) is 5.10 Å². The van der Waals surface area contributed by atoms with E-state index in [4.69, 9.17) is 18.9 Å². The summed E-state index contributed by atoms with van der Waals surface area (Å²) in [5.74, 6) is 0.907. The number of ether oxygens (including phenoxy) is 4. The molecule has 8 heteroatoms. The molecule has 0 radical (unpaired) electrons. The predicted octanol–water partition coefficient (Wildman–Crippen LogP) is 4.87. The number of nitrogens with one attached hydrogen (secondary N) is 1. The minimum Gasteiger partial charge on any atom is -0.494 e. The van der Waals surface area contributed by atoms with Crippen LogP contribution in [0.2, 0.25) is 0 Å². The molecular weight excluding hydrogens is 448 g/mol. The quantitative estimate of drug-likeness (QED) is 0.184. The van der Waals surface area contributed by atoms with E-state index in [2.05, 4.69) is 10.5 Å². The molecule has 0 saturated carbocycles. The van der Waals surface area contributed by atoms with Crippen LogP contribution < -0.4 is 24.4 Å². The van der Waals surface area contributed by atoms with Crippen LogP contribution in [0.3, 0.4) is 0 Å². The molecule has 0 saturated heterocycles. The summed E-state index contributed by atoms with van der Waals surface area (Å²) in [6.07, 6.45) is 1.47. The average molecular weight is 477 g/mol. The number of esters is 1. The van der Waals surface area contributed by atoms with Crippen LogP contribution in [-0.4, -0.2) is 37.9 Å². The van der Waals surface area contributed by atoms with Gasteiger partial charge in [0.1, 0.15) is 11.5 Å². The van der Waals surface area contributed by atoms with Gasteiger partial charge in [0.25, 0.3) is 5.91 Å². The largest absolute Gasteiger partial charge is 0.494 e. The molecule has 0 aromatic heterocycles. The van der Waals surface area contributed by atoms with Crippen LogP contribution in [0, 0.1) is 0 Å². The lowest BCUT2D eigenvalue weighted by atomic mass is 10.2. The van der Waals surface area contributed by atoms with Gasteiger partial charge < -0.3 is 18.9 Å². The van der Waals surface area contributed by atoms with Gasteiger partial charge in [0.05, 0.1) is 37.2 Å². The Morgan fingerprint density at radius 2 is 1.49 bits per heavy atom. The topological polar surface area (TPSA) is 95.5 Å². The summed E-state index contributed by atoms with van der Waals surface area (Å²) in [5.41, 5.74) is 3.91. The van der Waals surface area contributed by atoms with E-state index in [0.717, 1.165) is 0 Å². The smallest absolute Gasteiger partial charge is 0.343 e. The van der Waals surface area contributed by atoms with Crippen molar-refractivity contribution in [1.82, 2.24) is 5.43 Å². The van der Waals surface area contributed by atoms with Crippen LogP contribution in [0.25, 0.3) is 0 Å². The Hall–Kier alpha value is -4.33. The lowest BCUT2D eigenvalue weighted by Gasteiger charge is -2.12. The summed E-state index contributed by atoms with van der Waals surface area (Å²) in [4.78, 5) is 25.1. The summed E-state index contributed by atoms with van der Waals surface area (Å²) < 4.78 is 22.1. The van der Waals surface area contributed by atoms with Gasteiger partial charge in [-0.25, -0.2) is 10.2 Å². The van der Waals surface area contributed by atoms with E-state index < -0.39 is 11.9 Å². The SMILES string of the molecule is CCOc1ccc(C(=O)Oc2ccc(/C=N/NC(=O)c3ccccc3OCC)cc2OCC)cc1. The van der Waals surface area contributed by atoms with Crippen LogP contribution in [-0.2, 0) is 0 Å². The third-order valence-corrected chi connectivity index (χ3v) is 4.68. The molecule has 182 valence electrons. The standard InChI is InChI=1S/C27H28N2O6/c1-4-32-21-14-12-20(13-15-21)27(31)35-24-16-11-19(17-25(24)34-6-3)18-28-29-26(30)22-9-7-8-10-23(22)33-5-2/h7-18H,4-6H2,1-3H3,(H,29,30)/b28-18+. The Bertz CT molecular complexity index is 1170. The minimum absolute atomic E-state index is 0.276. The normalized spacial score (nSPS) is 10.6. The molecule has 3 aromatic rings. The lowest BCUT2D eigenvalue weighted by molar-refractivity contribution is 0.0728. The molecule has 0 bridgehead atoms. The molecule has 0 spiro atoms. The fraction of sp³-hybridized carbons (Fsp3) is 0.222. The monoisotopic (exact) mass is 476 g/mol. The number of hydrazone groups is 1. The highest BCUT2D eigenvalue weighted by Gasteiger charge is 2.14. The molecule has 0 unspecified atom stereocenters. The van der Waals surface area contributed by atoms with E-state index in [9.17, 15) is 9.59 Å². The van der Waals surface area contributed by atoms with Gasteiger partial charge in [-0.2, -0.15) is 5.10 Å². The van der Waals surface area contributed by atoms with Gasteiger partial charge in [-0.3, -0.25) is 4.79 Å². The van der Waals surface area contributed by atoms with Gasteiger partial charge in [0.2, 0.25) is 0 Å². The number of benzene rings is 3. The van der Waals surface area contributed by atoms with E-state index in [1.165, 1.54) is 6.21 Å². The number of hydrogen-bond acceptors (Lipinski definition) is 7. The lowest BCUT2D eigenvalue weighted by Crippen LogP contribution is -2.18. The molecule has 0 aliphatic carbocycles. The van der Waals surface area contributed by atoms with Crippen molar-refractivity contribution in [1.29, 1.82) is 0 Å². The van der Waals surface area contributed by atoms with Crippen molar-refractivity contribution in [3.8, 4) is 23.0 Å². The molecule has 1 N–H and O–H groups in total. The van der Waals surface area contributed by atoms with Crippen LogP contribution in [0.1, 0.15) is 47.1 Å². The highest BCUT2D eigenvalue weighted by molar-refractivity contribution is 5.97. The number of hydrogen-bond donors (Lipinski definition) is 1. The molecule has 1 amide bonds. The van der Waals surface area contributed by atoms with E-state index in [-0.39, 0.29) is 5.75 Å². The Morgan fingerprint density at radius 3 is 2.20 bits per heavy atom. The molecule has 0 atom stereocenters. The van der Waals surface area contributed by atoms with Gasteiger partial charge in [-0.05, 0) is 80.9 Å². The summed E-state index contributed by atoms with van der Waals surface area (Å²) in [6.45, 7) is 6.93. The highest BCUT2D eigenvalue weighted by Crippen LogP contribution is 2.29. The average Bonchev–Trinajstić information content (AvgIpc) is 2.87. The number of para-hydroxylation sites is 1. The Balaban J connectivity index is 1.69. The first-order valence-corrected chi connectivity index (χ1v) is 11.3. The fourth-order valence-corrected chi connectivity index (χ4v) is 3.13. The second-order valence-corrected chi connectivity index (χ2v) is 7.11. The first kappa shape index (κ1) is 25.3. The van der Waals surface area contributed by atoms with Crippen molar-refractivity contribution in [3.05, 3.63) is 83.4 Å². The number of rotatable bonds is 11. The number of carbonyl (C=O) groups is 2. The van der Waals surface area contributed by atoms with E-state index in [1.54, 1.807) is 66.7 Å². The Kier molecular flexibility index (Phi) is 9.24. The van der Waals surface area contributed by atoms with Gasteiger partial charge in [0.15, 0.2) is 11.5 Å². The van der Waals surface area contributed by atoms with Gasteiger partial charge in [-0.15, -0.1) is 0 Å². The van der Waals surface area contributed by atoms with Crippen LogP contribution in [0.15, 0.2) is 71.8 Å². The van der Waals surface area contributed by atoms with Gasteiger partial charge >= 0.3 is 5.97 Å². The molecule has 0 fully saturated rings. The maximum Gasteiger partial charge on any atom is 0.343 e. The molecular formula is C27H28N2O6. The highest BCUT2D eigenvalue weighted by atomic mass is 16.6. The summed E-state index contributed by atoms with van der Waals surface area (Å²) in [5, 5.41) is 4.03. The van der Waals surface area contributed by atoms with Crippen molar-refractivity contribution >= 4 is 18.1 Å². The molecule has 0 aliphatic rings. The summed E-state index contributed by atoms with van der Waals surface area (Å²) >= 11 is 0. The van der Waals surface area contributed by atoms with Crippen molar-refractivity contribution < 1.29 is 28.5 Å². The summed E-state index contributed by atoms with van der Waals surface area (Å²) in [6, 6.07) is 18.6. The van der Waals surface area contributed by atoms with Gasteiger partial charge in [0, 0.05) is 0 Å². The third-order valence-electron chi connectivity index (χ3n) is 4.68. The molecule has 0 heterocycles. The van der Waals surface area contributed by atoms with Crippen molar-refractivity contribution in [2.75, 3.05) is 19.8 Å². The van der Waals surface area contributed by atoms with Gasteiger partial charge in [-0.1, -0.05) is 12.1 Å². The molecule has 35 heavy (non-hydrogen) atoms. The Labute approximate surface area is 204 Å². The molecule has 8 nitrogen and oxygen atoms in total. The van der Waals surface area contributed by atoms with Crippen LogP contribution in [0.4, 0.5) is 0 Å². The number of carbonyl (C=O) groups excluding carboxylic acids is 2. The number of nitrogens with zero attached hydrogens (tertiary/aromatic N) is 1. The third kappa shape index (κ3) is 7.07. The van der Waals surface area contributed by atoms with Crippen molar-refractivity contribution in [2.45, 2.75) is 20.8 Å². The van der Waals surface area contributed by atoms with Crippen LogP contribution >= 0.6 is 0 Å². The second-order valence-electron chi connectivity index (χ2n) is 7.11. The van der Waals surface area contributed by atoms with E-state index >= 15 is 0 Å². The fourth-order valence-electron chi connectivity index (χ4n) is 3.13. The van der Waals surface area contributed by atoms with Crippen LogP contribution in [0.5, 0.6) is 23.0 Å². The van der Waals surface area contributed by atoms with E-state index in [1.807, 2.05) is 20.8 Å². The molecule has 3 rings (SSSR count). The van der Waals surface area contributed by atoms with E-state index in [0.29, 0.717) is 53.8 Å². The number of amides is 1. The Morgan fingerprint density at radius 1 is 0.800 bits per heavy atom. The zero-order chi connectivity index (χ0) is 25.0. The first-order chi connectivity index (χ1) is 17.0. The first-order valence-electron chi connectivity index (χ1n) is 11.3. The maximum absolute atomic E-state index is 12.6. The maximum atomic E-state index is 12.6. The second kappa shape index (κ2) is 12.8. The zero-order valence-corrected chi connectivity index (χ0v) is 19.9.